The average molecular weight is 227 g/mol. The molecule has 0 aliphatic heterocycles. The molecule has 0 saturated carbocycles. The fourth-order valence-electron chi connectivity index (χ4n) is 1.17. The maximum absolute atomic E-state index is 11.5. The van der Waals surface area contributed by atoms with Gasteiger partial charge >= 0.3 is 5.97 Å². The molecule has 0 bridgehead atoms. The molecule has 0 fully saturated rings. The number of alkyl halides is 1. The van der Waals surface area contributed by atoms with E-state index in [1.165, 1.54) is 0 Å². The summed E-state index contributed by atoms with van der Waals surface area (Å²) >= 11 is 5.68. The van der Waals surface area contributed by atoms with Crippen molar-refractivity contribution in [2.45, 2.75) is 25.6 Å². The number of hydrogen-bond acceptors (Lipinski definition) is 2. The summed E-state index contributed by atoms with van der Waals surface area (Å²) < 4.78 is 5.09. The first-order valence-electron chi connectivity index (χ1n) is 5.10. The van der Waals surface area contributed by atoms with Crippen molar-refractivity contribution in [2.75, 3.05) is 6.61 Å². The Bertz CT molecular complexity index is 323. The Hall–Kier alpha value is -1.02. The van der Waals surface area contributed by atoms with Crippen molar-refractivity contribution >= 4 is 17.6 Å². The van der Waals surface area contributed by atoms with Crippen LogP contribution >= 0.6 is 11.6 Å². The Morgan fingerprint density at radius 3 is 2.93 bits per heavy atom. The molecule has 0 atom stereocenters. The number of hydrogen-bond donors (Lipinski definition) is 0. The van der Waals surface area contributed by atoms with Crippen molar-refractivity contribution in [2.24, 2.45) is 0 Å². The summed E-state index contributed by atoms with van der Waals surface area (Å²) in [5.74, 6) is 0.145. The second-order valence-corrected chi connectivity index (χ2v) is 3.59. The summed E-state index contributed by atoms with van der Waals surface area (Å²) in [4.78, 5) is 11.5. The number of rotatable bonds is 5. The summed E-state index contributed by atoms with van der Waals surface area (Å²) in [7, 11) is 0. The Balaban J connectivity index is 2.57. The molecule has 0 heterocycles. The first-order valence-corrected chi connectivity index (χ1v) is 5.63. The van der Waals surface area contributed by atoms with Crippen LogP contribution in [0.1, 0.15) is 35.7 Å². The fourth-order valence-corrected chi connectivity index (χ4v) is 1.34. The van der Waals surface area contributed by atoms with E-state index in [1.807, 2.05) is 12.1 Å². The number of esters is 1. The number of benzene rings is 1. The first-order chi connectivity index (χ1) is 7.27. The number of ether oxygens (including phenoxy) is 1. The molecule has 0 spiro atoms. The quantitative estimate of drug-likeness (QED) is 0.437. The molecule has 0 amide bonds. The van der Waals surface area contributed by atoms with Crippen molar-refractivity contribution in [3.05, 3.63) is 35.4 Å². The minimum Gasteiger partial charge on any atom is -0.462 e. The molecule has 2 nitrogen and oxygen atoms in total. The fraction of sp³-hybridized carbons (Fsp3) is 0.417. The minimum atomic E-state index is -0.268. The summed E-state index contributed by atoms with van der Waals surface area (Å²) in [6.45, 7) is 2.54. The third-order valence-electron chi connectivity index (χ3n) is 2.05. The lowest BCUT2D eigenvalue weighted by Crippen LogP contribution is -2.06. The molecule has 1 aromatic rings. The largest absolute Gasteiger partial charge is 0.462 e. The summed E-state index contributed by atoms with van der Waals surface area (Å²) in [6, 6.07) is 7.20. The first kappa shape index (κ1) is 12.1. The van der Waals surface area contributed by atoms with E-state index in [0.717, 1.165) is 18.4 Å². The van der Waals surface area contributed by atoms with Crippen molar-refractivity contribution in [3.63, 3.8) is 0 Å². The van der Waals surface area contributed by atoms with E-state index >= 15 is 0 Å². The Kier molecular flexibility index (Phi) is 5.19. The van der Waals surface area contributed by atoms with Crippen molar-refractivity contribution < 1.29 is 9.53 Å². The van der Waals surface area contributed by atoms with Gasteiger partial charge in [-0.25, -0.2) is 4.79 Å². The van der Waals surface area contributed by atoms with Gasteiger partial charge in [0.2, 0.25) is 0 Å². The molecule has 82 valence electrons. The molecule has 0 aliphatic carbocycles. The lowest BCUT2D eigenvalue weighted by Gasteiger charge is -2.04. The van der Waals surface area contributed by atoms with Gasteiger partial charge in [-0.1, -0.05) is 25.5 Å². The van der Waals surface area contributed by atoms with Gasteiger partial charge in [0, 0.05) is 5.88 Å². The molecule has 15 heavy (non-hydrogen) atoms. The smallest absolute Gasteiger partial charge is 0.338 e. The van der Waals surface area contributed by atoms with Crippen molar-refractivity contribution in [1.82, 2.24) is 0 Å². The van der Waals surface area contributed by atoms with Crippen LogP contribution in [0.15, 0.2) is 24.3 Å². The molecule has 3 heteroatoms. The van der Waals surface area contributed by atoms with E-state index in [9.17, 15) is 4.79 Å². The van der Waals surface area contributed by atoms with Crippen LogP contribution in [0.4, 0.5) is 0 Å². The van der Waals surface area contributed by atoms with Crippen LogP contribution in [-0.4, -0.2) is 12.6 Å². The molecule has 0 N–H and O–H groups in total. The van der Waals surface area contributed by atoms with Crippen LogP contribution in [-0.2, 0) is 10.6 Å². The number of unbranched alkanes of at least 4 members (excludes halogenated alkanes) is 1. The third kappa shape index (κ3) is 3.92. The van der Waals surface area contributed by atoms with Gasteiger partial charge < -0.3 is 4.74 Å². The van der Waals surface area contributed by atoms with Crippen molar-refractivity contribution in [3.8, 4) is 0 Å². The second kappa shape index (κ2) is 6.46. The van der Waals surface area contributed by atoms with Gasteiger partial charge in [-0.15, -0.1) is 11.6 Å². The molecular formula is C12H15ClO2. The number of carbonyl (C=O) groups is 1. The zero-order chi connectivity index (χ0) is 11.1. The van der Waals surface area contributed by atoms with Crippen molar-refractivity contribution in [1.29, 1.82) is 0 Å². The molecular weight excluding hydrogens is 212 g/mol. The predicted octanol–water partition coefficient (Wildman–Crippen LogP) is 3.38. The molecule has 0 aromatic heterocycles. The molecule has 1 rings (SSSR count). The maximum atomic E-state index is 11.5. The highest BCUT2D eigenvalue weighted by Gasteiger charge is 2.06. The minimum absolute atomic E-state index is 0.268. The van der Waals surface area contributed by atoms with E-state index in [1.54, 1.807) is 12.1 Å². The number of halogens is 1. The molecule has 0 unspecified atom stereocenters. The monoisotopic (exact) mass is 226 g/mol. The van der Waals surface area contributed by atoms with E-state index in [4.69, 9.17) is 16.3 Å². The van der Waals surface area contributed by atoms with Crippen LogP contribution in [0.5, 0.6) is 0 Å². The lowest BCUT2D eigenvalue weighted by atomic mass is 10.1. The Morgan fingerprint density at radius 2 is 2.27 bits per heavy atom. The highest BCUT2D eigenvalue weighted by molar-refractivity contribution is 6.17. The second-order valence-electron chi connectivity index (χ2n) is 3.32. The van der Waals surface area contributed by atoms with Gasteiger partial charge in [-0.3, -0.25) is 0 Å². The van der Waals surface area contributed by atoms with E-state index < -0.39 is 0 Å². The lowest BCUT2D eigenvalue weighted by molar-refractivity contribution is 0.0499. The molecule has 0 saturated heterocycles. The van der Waals surface area contributed by atoms with Gasteiger partial charge in [0.1, 0.15) is 0 Å². The average Bonchev–Trinajstić information content (AvgIpc) is 2.29. The Labute approximate surface area is 95.2 Å². The van der Waals surface area contributed by atoms with E-state index in [2.05, 4.69) is 6.92 Å². The van der Waals surface area contributed by atoms with Gasteiger partial charge in [-0.05, 0) is 24.1 Å². The summed E-state index contributed by atoms with van der Waals surface area (Å²) in [5.41, 5.74) is 1.51. The highest BCUT2D eigenvalue weighted by Crippen LogP contribution is 2.09. The topological polar surface area (TPSA) is 26.3 Å². The Morgan fingerprint density at radius 1 is 1.47 bits per heavy atom. The van der Waals surface area contributed by atoms with Gasteiger partial charge in [0.15, 0.2) is 0 Å². The molecule has 1 aromatic carbocycles. The summed E-state index contributed by atoms with van der Waals surface area (Å²) in [5, 5.41) is 0. The van der Waals surface area contributed by atoms with Crippen LogP contribution < -0.4 is 0 Å². The van der Waals surface area contributed by atoms with Gasteiger partial charge in [0.25, 0.3) is 0 Å². The SMILES string of the molecule is CCCCOC(=O)c1cccc(CCl)c1. The zero-order valence-corrected chi connectivity index (χ0v) is 9.59. The van der Waals surface area contributed by atoms with E-state index in [0.29, 0.717) is 18.1 Å². The maximum Gasteiger partial charge on any atom is 0.338 e. The standard InChI is InChI=1S/C12H15ClO2/c1-2-3-7-15-12(14)11-6-4-5-10(8-11)9-13/h4-6,8H,2-3,7,9H2,1H3. The van der Waals surface area contributed by atoms with Crippen LogP contribution in [0.3, 0.4) is 0 Å². The van der Waals surface area contributed by atoms with Crippen LogP contribution in [0.25, 0.3) is 0 Å². The molecule has 0 radical (unpaired) electrons. The molecule has 0 aliphatic rings. The summed E-state index contributed by atoms with van der Waals surface area (Å²) in [6.07, 6.45) is 1.93. The van der Waals surface area contributed by atoms with Gasteiger partial charge in [-0.2, -0.15) is 0 Å². The van der Waals surface area contributed by atoms with E-state index in [-0.39, 0.29) is 5.97 Å². The normalized spacial score (nSPS) is 10.0. The van der Waals surface area contributed by atoms with Crippen LogP contribution in [0.2, 0.25) is 0 Å². The zero-order valence-electron chi connectivity index (χ0n) is 8.83. The number of carbonyl (C=O) groups excluding carboxylic acids is 1. The van der Waals surface area contributed by atoms with Gasteiger partial charge in [0.05, 0.1) is 12.2 Å². The predicted molar refractivity (Wildman–Crippen MR) is 61.2 cm³/mol. The highest BCUT2D eigenvalue weighted by atomic mass is 35.5. The van der Waals surface area contributed by atoms with Crippen LogP contribution in [0, 0.1) is 0 Å². The third-order valence-corrected chi connectivity index (χ3v) is 2.36.